The second kappa shape index (κ2) is 7.66. The van der Waals surface area contributed by atoms with E-state index in [2.05, 4.69) is 10.1 Å². The number of aliphatic hydroxyl groups excluding tert-OH is 1. The summed E-state index contributed by atoms with van der Waals surface area (Å²) in [7, 11) is 0. The zero-order valence-corrected chi connectivity index (χ0v) is 16.5. The first kappa shape index (κ1) is 19.0. The molecule has 3 aromatic rings. The van der Waals surface area contributed by atoms with Crippen molar-refractivity contribution in [2.75, 3.05) is 32.9 Å². The van der Waals surface area contributed by atoms with E-state index >= 15 is 0 Å². The summed E-state index contributed by atoms with van der Waals surface area (Å²) in [5, 5.41) is 14.1. The third kappa shape index (κ3) is 3.20. The van der Waals surface area contributed by atoms with Crippen molar-refractivity contribution in [2.45, 2.75) is 6.42 Å². The van der Waals surface area contributed by atoms with Gasteiger partial charge in [0.15, 0.2) is 0 Å². The number of fused-ring (bicyclic) bond motifs is 1. The van der Waals surface area contributed by atoms with E-state index < -0.39 is 0 Å². The molecule has 2 aliphatic heterocycles. The highest BCUT2D eigenvalue weighted by Crippen LogP contribution is 2.42. The van der Waals surface area contributed by atoms with Crippen molar-refractivity contribution in [2.24, 2.45) is 11.3 Å². The number of likely N-dealkylation sites (tertiary alicyclic amines) is 1. The lowest BCUT2D eigenvalue weighted by molar-refractivity contribution is -0.0415. The van der Waals surface area contributed by atoms with Gasteiger partial charge in [-0.15, -0.1) is 0 Å². The molecule has 2 aromatic carbocycles. The molecule has 154 valence electrons. The molecule has 1 amide bonds. The maximum Gasteiger partial charge on any atom is 0.259 e. The third-order valence-corrected chi connectivity index (χ3v) is 6.32. The number of carbonyl (C=O) groups is 1. The lowest BCUT2D eigenvalue weighted by atomic mass is 9.75. The average Bonchev–Trinajstić information content (AvgIpc) is 3.45. The Morgan fingerprint density at radius 2 is 1.97 bits per heavy atom. The molecule has 2 aliphatic rings. The number of hydrogen-bond acceptors (Lipinski definition) is 6. The molecule has 7 nitrogen and oxygen atoms in total. The Hall–Kier alpha value is -3.03. The predicted molar refractivity (Wildman–Crippen MR) is 110 cm³/mol. The summed E-state index contributed by atoms with van der Waals surface area (Å²) in [6, 6.07) is 16.9. The minimum Gasteiger partial charge on any atom is -0.396 e. The van der Waals surface area contributed by atoms with Crippen LogP contribution in [0.15, 0.2) is 59.1 Å². The van der Waals surface area contributed by atoms with Gasteiger partial charge in [-0.05, 0) is 18.6 Å². The van der Waals surface area contributed by atoms with E-state index in [-0.39, 0.29) is 23.8 Å². The van der Waals surface area contributed by atoms with Crippen LogP contribution in [0.4, 0.5) is 0 Å². The maximum absolute atomic E-state index is 13.4. The van der Waals surface area contributed by atoms with Crippen LogP contribution >= 0.6 is 0 Å². The van der Waals surface area contributed by atoms with Crippen molar-refractivity contribution in [3.8, 4) is 22.8 Å². The maximum atomic E-state index is 13.4. The highest BCUT2D eigenvalue weighted by molar-refractivity contribution is 6.00. The Morgan fingerprint density at radius 3 is 2.77 bits per heavy atom. The number of aliphatic hydroxyl groups is 1. The van der Waals surface area contributed by atoms with E-state index in [9.17, 15) is 9.90 Å². The normalized spacial score (nSPS) is 23.4. The van der Waals surface area contributed by atoms with Gasteiger partial charge < -0.3 is 19.3 Å². The summed E-state index contributed by atoms with van der Waals surface area (Å²) < 4.78 is 11.1. The molecule has 0 aliphatic carbocycles. The minimum absolute atomic E-state index is 0.0660. The first-order valence-electron chi connectivity index (χ1n) is 10.2. The first-order chi connectivity index (χ1) is 14.7. The van der Waals surface area contributed by atoms with Crippen molar-refractivity contribution < 1.29 is 19.2 Å². The van der Waals surface area contributed by atoms with Gasteiger partial charge in [-0.1, -0.05) is 47.6 Å². The minimum atomic E-state index is -0.270. The molecule has 7 heteroatoms. The van der Waals surface area contributed by atoms with E-state index in [0.29, 0.717) is 49.1 Å². The van der Waals surface area contributed by atoms with Gasteiger partial charge in [0.25, 0.3) is 11.8 Å². The molecule has 0 radical (unpaired) electrons. The Morgan fingerprint density at radius 1 is 1.17 bits per heavy atom. The molecule has 1 aromatic heterocycles. The van der Waals surface area contributed by atoms with Crippen LogP contribution in [0.3, 0.4) is 0 Å². The van der Waals surface area contributed by atoms with Gasteiger partial charge in [0.05, 0.1) is 24.3 Å². The van der Waals surface area contributed by atoms with Crippen molar-refractivity contribution in [3.05, 3.63) is 60.2 Å². The number of nitrogens with zero attached hydrogens (tertiary/aromatic N) is 3. The molecule has 5 rings (SSSR count). The molecule has 30 heavy (non-hydrogen) atoms. The van der Waals surface area contributed by atoms with Gasteiger partial charge in [0.2, 0.25) is 5.82 Å². The second-order valence-corrected chi connectivity index (χ2v) is 8.06. The monoisotopic (exact) mass is 405 g/mol. The van der Waals surface area contributed by atoms with Crippen LogP contribution in [0.25, 0.3) is 22.8 Å². The Balaban J connectivity index is 1.45. The summed E-state index contributed by atoms with van der Waals surface area (Å²) in [4.78, 5) is 19.8. The number of carbonyl (C=O) groups excluding carboxylic acids is 1. The van der Waals surface area contributed by atoms with Crippen molar-refractivity contribution in [3.63, 3.8) is 0 Å². The average molecular weight is 405 g/mol. The number of amides is 1. The summed E-state index contributed by atoms with van der Waals surface area (Å²) in [5.74, 6) is 0.860. The fourth-order valence-electron chi connectivity index (χ4n) is 4.52. The molecule has 0 spiro atoms. The highest BCUT2D eigenvalue weighted by atomic mass is 16.5. The topological polar surface area (TPSA) is 88.7 Å². The van der Waals surface area contributed by atoms with E-state index in [1.807, 2.05) is 53.4 Å². The lowest BCUT2D eigenvalue weighted by Crippen LogP contribution is -2.41. The Bertz CT molecular complexity index is 1050. The van der Waals surface area contributed by atoms with E-state index in [4.69, 9.17) is 9.26 Å². The standard InChI is InChI=1S/C23H23N3O4/c27-15-23-10-11-29-13-17(23)12-26(14-23)22(28)19-9-5-4-8-18(19)21-24-20(25-30-21)16-6-2-1-3-7-16/h1-9,17,27H,10-15H2/t17-,23-/m1/s1. The molecule has 2 saturated heterocycles. The van der Waals surface area contributed by atoms with Gasteiger partial charge in [-0.25, -0.2) is 0 Å². The molecule has 2 fully saturated rings. The fourth-order valence-corrected chi connectivity index (χ4v) is 4.52. The van der Waals surface area contributed by atoms with E-state index in [1.165, 1.54) is 0 Å². The molecule has 1 N–H and O–H groups in total. The van der Waals surface area contributed by atoms with Crippen LogP contribution in [0, 0.1) is 11.3 Å². The van der Waals surface area contributed by atoms with Crippen LogP contribution in [0.1, 0.15) is 16.8 Å². The van der Waals surface area contributed by atoms with Crippen LogP contribution in [-0.4, -0.2) is 59.0 Å². The molecule has 0 unspecified atom stereocenters. The van der Waals surface area contributed by atoms with Crippen molar-refractivity contribution in [1.29, 1.82) is 0 Å². The van der Waals surface area contributed by atoms with E-state index in [0.717, 1.165) is 12.0 Å². The summed E-state index contributed by atoms with van der Waals surface area (Å²) in [6.45, 7) is 2.38. The quantitative estimate of drug-likeness (QED) is 0.718. The van der Waals surface area contributed by atoms with Gasteiger partial charge in [-0.3, -0.25) is 4.79 Å². The smallest absolute Gasteiger partial charge is 0.259 e. The fraction of sp³-hybridized carbons (Fsp3) is 0.348. The third-order valence-electron chi connectivity index (χ3n) is 6.32. The summed E-state index contributed by atoms with van der Waals surface area (Å²) >= 11 is 0. The predicted octanol–water partition coefficient (Wildman–Crippen LogP) is 2.87. The van der Waals surface area contributed by atoms with Gasteiger partial charge in [0.1, 0.15) is 0 Å². The number of benzene rings is 2. The number of aromatic nitrogens is 2. The lowest BCUT2D eigenvalue weighted by Gasteiger charge is -2.36. The van der Waals surface area contributed by atoms with Crippen LogP contribution in [0.5, 0.6) is 0 Å². The second-order valence-electron chi connectivity index (χ2n) is 8.06. The summed E-state index contributed by atoms with van der Waals surface area (Å²) in [6.07, 6.45) is 0.768. The largest absolute Gasteiger partial charge is 0.396 e. The Labute approximate surface area is 174 Å². The molecule has 2 atom stereocenters. The van der Waals surface area contributed by atoms with Gasteiger partial charge in [-0.2, -0.15) is 4.98 Å². The highest BCUT2D eigenvalue weighted by Gasteiger charge is 2.49. The van der Waals surface area contributed by atoms with Gasteiger partial charge in [0, 0.05) is 36.6 Å². The van der Waals surface area contributed by atoms with Crippen LogP contribution < -0.4 is 0 Å². The first-order valence-corrected chi connectivity index (χ1v) is 10.2. The number of rotatable bonds is 4. The van der Waals surface area contributed by atoms with Crippen molar-refractivity contribution >= 4 is 5.91 Å². The van der Waals surface area contributed by atoms with Crippen molar-refractivity contribution in [1.82, 2.24) is 15.0 Å². The van der Waals surface area contributed by atoms with Crippen LogP contribution in [0.2, 0.25) is 0 Å². The molecule has 0 saturated carbocycles. The molecular formula is C23H23N3O4. The zero-order valence-electron chi connectivity index (χ0n) is 16.5. The molecular weight excluding hydrogens is 382 g/mol. The number of hydrogen-bond donors (Lipinski definition) is 1. The zero-order chi connectivity index (χ0) is 20.6. The summed E-state index contributed by atoms with van der Waals surface area (Å²) in [5.41, 5.74) is 1.72. The number of ether oxygens (including phenoxy) is 1. The van der Waals surface area contributed by atoms with Gasteiger partial charge >= 0.3 is 0 Å². The SMILES string of the molecule is O=C(c1ccccc1-c1nc(-c2ccccc2)no1)N1C[C@@H]2COCC[C@]2(CO)C1. The van der Waals surface area contributed by atoms with Crippen LogP contribution in [-0.2, 0) is 4.74 Å². The Kier molecular flexibility index (Phi) is 4.84. The molecule has 3 heterocycles. The molecule has 0 bridgehead atoms. The van der Waals surface area contributed by atoms with E-state index in [1.54, 1.807) is 6.07 Å².